The lowest BCUT2D eigenvalue weighted by molar-refractivity contribution is 0.721. The fourth-order valence-corrected chi connectivity index (χ4v) is 4.99. The average Bonchev–Trinajstić information content (AvgIpc) is 3.26. The summed E-state index contributed by atoms with van der Waals surface area (Å²) in [4.78, 5) is 0. The van der Waals surface area contributed by atoms with Crippen molar-refractivity contribution in [2.45, 2.75) is 38.1 Å². The van der Waals surface area contributed by atoms with Gasteiger partial charge in [0, 0.05) is 17.2 Å². The van der Waals surface area contributed by atoms with Crippen LogP contribution in [0.1, 0.15) is 28.7 Å². The first-order chi connectivity index (χ1) is 12.7. The number of benzene rings is 3. The number of hydrogen-bond donors (Lipinski definition) is 1. The van der Waals surface area contributed by atoms with Crippen LogP contribution in [0.5, 0.6) is 0 Å². The third-order valence-electron chi connectivity index (χ3n) is 5.92. The number of hydrogen-bond acceptors (Lipinski definition) is 1. The molecule has 0 saturated carbocycles. The molecule has 0 aliphatic heterocycles. The smallest absolute Gasteiger partial charge is 0.0562 e. The lowest BCUT2D eigenvalue weighted by Gasteiger charge is -2.14. The summed E-state index contributed by atoms with van der Waals surface area (Å²) < 4.78 is 0. The van der Waals surface area contributed by atoms with Gasteiger partial charge in [0.25, 0.3) is 0 Å². The number of rotatable bonds is 2. The molecule has 0 saturated heterocycles. The molecule has 2 heteroatoms. The minimum absolute atomic E-state index is 0.258. The van der Waals surface area contributed by atoms with Crippen LogP contribution in [0.15, 0.2) is 54.6 Å². The molecule has 1 atom stereocenters. The molecule has 2 aliphatic rings. The third kappa shape index (κ3) is 2.58. The molecule has 0 aromatic heterocycles. The summed E-state index contributed by atoms with van der Waals surface area (Å²) >= 11 is 6.93. The van der Waals surface area contributed by atoms with Crippen LogP contribution >= 0.6 is 11.6 Å². The van der Waals surface area contributed by atoms with Crippen LogP contribution in [0.4, 0.5) is 0 Å². The van der Waals surface area contributed by atoms with Crippen LogP contribution in [0.25, 0.3) is 22.3 Å². The van der Waals surface area contributed by atoms with E-state index >= 15 is 0 Å². The van der Waals surface area contributed by atoms with Gasteiger partial charge in [-0.3, -0.25) is 0 Å². The molecule has 0 unspecified atom stereocenters. The molecule has 0 fully saturated rings. The molecule has 2 N–H and O–H groups in total. The third-order valence-corrected chi connectivity index (χ3v) is 6.32. The molecule has 0 bridgehead atoms. The van der Waals surface area contributed by atoms with Gasteiger partial charge in [-0.1, -0.05) is 66.2 Å². The van der Waals surface area contributed by atoms with Crippen LogP contribution in [-0.4, -0.2) is 6.04 Å². The van der Waals surface area contributed by atoms with Crippen molar-refractivity contribution in [3.8, 4) is 22.3 Å². The van der Waals surface area contributed by atoms with E-state index in [1.807, 2.05) is 0 Å². The minimum Gasteiger partial charge on any atom is -0.327 e. The van der Waals surface area contributed by atoms with E-state index in [9.17, 15) is 0 Å². The van der Waals surface area contributed by atoms with Gasteiger partial charge in [0.2, 0.25) is 0 Å². The molecular formula is C24H22ClN. The maximum absolute atomic E-state index is 6.93. The summed E-state index contributed by atoms with van der Waals surface area (Å²) in [5.41, 5.74) is 16.6. The molecule has 130 valence electrons. The second-order valence-electron chi connectivity index (χ2n) is 7.62. The van der Waals surface area contributed by atoms with Gasteiger partial charge in [0.05, 0.1) is 5.02 Å². The Hall–Kier alpha value is -2.09. The Morgan fingerprint density at radius 1 is 0.769 bits per heavy atom. The van der Waals surface area contributed by atoms with Crippen LogP contribution in [-0.2, 0) is 25.7 Å². The van der Waals surface area contributed by atoms with Crippen molar-refractivity contribution < 1.29 is 0 Å². The van der Waals surface area contributed by atoms with Crippen molar-refractivity contribution in [1.29, 1.82) is 0 Å². The Morgan fingerprint density at radius 2 is 1.54 bits per heavy atom. The minimum atomic E-state index is 0.258. The summed E-state index contributed by atoms with van der Waals surface area (Å²) in [6.45, 7) is 0. The monoisotopic (exact) mass is 359 g/mol. The van der Waals surface area contributed by atoms with Gasteiger partial charge >= 0.3 is 0 Å². The Morgan fingerprint density at radius 3 is 2.46 bits per heavy atom. The van der Waals surface area contributed by atoms with E-state index in [1.54, 1.807) is 0 Å². The van der Waals surface area contributed by atoms with E-state index in [-0.39, 0.29) is 6.04 Å². The summed E-state index contributed by atoms with van der Waals surface area (Å²) in [5.74, 6) is 0. The summed E-state index contributed by atoms with van der Waals surface area (Å²) in [5, 5.41) is 0.857. The molecule has 0 heterocycles. The van der Waals surface area contributed by atoms with Crippen LogP contribution in [0, 0.1) is 0 Å². The zero-order valence-electron chi connectivity index (χ0n) is 14.8. The van der Waals surface area contributed by atoms with E-state index in [2.05, 4.69) is 54.6 Å². The molecule has 3 aromatic carbocycles. The van der Waals surface area contributed by atoms with Gasteiger partial charge < -0.3 is 5.73 Å². The van der Waals surface area contributed by atoms with Gasteiger partial charge in [-0.25, -0.2) is 0 Å². The van der Waals surface area contributed by atoms with Gasteiger partial charge in [0.15, 0.2) is 0 Å². The lowest BCUT2D eigenvalue weighted by Crippen LogP contribution is -2.18. The first kappa shape index (κ1) is 16.1. The first-order valence-electron chi connectivity index (χ1n) is 9.48. The fourth-order valence-electron chi connectivity index (χ4n) is 4.65. The van der Waals surface area contributed by atoms with Crippen LogP contribution in [0.2, 0.25) is 5.02 Å². The fraction of sp³-hybridized carbons (Fsp3) is 0.250. The molecule has 1 nitrogen and oxygen atoms in total. The summed E-state index contributed by atoms with van der Waals surface area (Å²) in [6, 6.07) is 20.0. The maximum atomic E-state index is 6.93. The van der Waals surface area contributed by atoms with Crippen molar-refractivity contribution in [2.75, 3.05) is 0 Å². The van der Waals surface area contributed by atoms with E-state index in [0.717, 1.165) is 35.4 Å². The molecule has 2 aliphatic carbocycles. The predicted octanol–water partition coefficient (Wildman–Crippen LogP) is 5.59. The van der Waals surface area contributed by atoms with Crippen molar-refractivity contribution in [2.24, 2.45) is 5.73 Å². The van der Waals surface area contributed by atoms with Crippen molar-refractivity contribution >= 4 is 11.6 Å². The van der Waals surface area contributed by atoms with Gasteiger partial charge in [-0.2, -0.15) is 0 Å². The molecule has 0 radical (unpaired) electrons. The number of fused-ring (bicyclic) bond motifs is 2. The quantitative estimate of drug-likeness (QED) is 0.634. The normalized spacial score (nSPS) is 18.0. The summed E-state index contributed by atoms with van der Waals surface area (Å²) in [7, 11) is 0. The molecular weight excluding hydrogens is 338 g/mol. The standard InChI is InChI=1S/C24H22ClN/c25-24-21(17-11-10-16-13-19(26)14-18(16)12-17)7-3-9-23(24)22-8-2-5-15-4-1-6-20(15)22/h2-3,5,7-12,19H,1,4,6,13-14,26H2/t19-/m0/s1. The van der Waals surface area contributed by atoms with Gasteiger partial charge in [0.1, 0.15) is 0 Å². The molecule has 5 rings (SSSR count). The van der Waals surface area contributed by atoms with Crippen molar-refractivity contribution in [3.63, 3.8) is 0 Å². The zero-order valence-corrected chi connectivity index (χ0v) is 15.5. The number of nitrogens with two attached hydrogens (primary N) is 1. The lowest BCUT2D eigenvalue weighted by atomic mass is 9.93. The Bertz CT molecular complexity index is 1010. The second-order valence-corrected chi connectivity index (χ2v) is 7.99. The Labute approximate surface area is 159 Å². The van der Waals surface area contributed by atoms with Crippen LogP contribution < -0.4 is 5.73 Å². The predicted molar refractivity (Wildman–Crippen MR) is 110 cm³/mol. The van der Waals surface area contributed by atoms with Gasteiger partial charge in [-0.05, 0) is 65.5 Å². The largest absolute Gasteiger partial charge is 0.327 e. The van der Waals surface area contributed by atoms with E-state index in [0.29, 0.717) is 0 Å². The highest BCUT2D eigenvalue weighted by molar-refractivity contribution is 6.36. The molecule has 26 heavy (non-hydrogen) atoms. The van der Waals surface area contributed by atoms with Crippen molar-refractivity contribution in [1.82, 2.24) is 0 Å². The highest BCUT2D eigenvalue weighted by Gasteiger charge is 2.21. The highest BCUT2D eigenvalue weighted by atomic mass is 35.5. The Balaban J connectivity index is 1.62. The number of aryl methyl sites for hydroxylation is 1. The van der Waals surface area contributed by atoms with E-state index in [4.69, 9.17) is 17.3 Å². The molecule has 3 aromatic rings. The topological polar surface area (TPSA) is 26.0 Å². The van der Waals surface area contributed by atoms with Crippen LogP contribution in [0.3, 0.4) is 0 Å². The Kier molecular flexibility index (Phi) is 3.88. The first-order valence-corrected chi connectivity index (χ1v) is 9.86. The second kappa shape index (κ2) is 6.26. The maximum Gasteiger partial charge on any atom is 0.0562 e. The average molecular weight is 360 g/mol. The zero-order chi connectivity index (χ0) is 17.7. The van der Waals surface area contributed by atoms with E-state index < -0.39 is 0 Å². The van der Waals surface area contributed by atoms with Gasteiger partial charge in [-0.15, -0.1) is 0 Å². The summed E-state index contributed by atoms with van der Waals surface area (Å²) in [6.07, 6.45) is 5.54. The van der Waals surface area contributed by atoms with Crippen molar-refractivity contribution in [3.05, 3.63) is 81.9 Å². The molecule has 0 spiro atoms. The van der Waals surface area contributed by atoms with E-state index in [1.165, 1.54) is 46.2 Å². The highest BCUT2D eigenvalue weighted by Crippen LogP contribution is 2.41. The molecule has 0 amide bonds. The SMILES string of the molecule is N[C@H]1Cc2ccc(-c3cccc(-c4cccc5c4CCC5)c3Cl)cc2C1. The number of halogens is 1.